The van der Waals surface area contributed by atoms with Crippen LogP contribution < -0.4 is 0 Å². The lowest BCUT2D eigenvalue weighted by Crippen LogP contribution is -2.32. The number of halogens is 1. The Balaban J connectivity index is 1.59. The van der Waals surface area contributed by atoms with Crippen LogP contribution in [0.3, 0.4) is 0 Å². The molecule has 3 rings (SSSR count). The average molecular weight is 467 g/mol. The molecule has 0 radical (unpaired) electrons. The van der Waals surface area contributed by atoms with E-state index in [1.807, 2.05) is 0 Å². The van der Waals surface area contributed by atoms with Crippen molar-refractivity contribution in [2.45, 2.75) is 6.42 Å². The number of carbonyl (C=O) groups excluding carboxylic acids is 4. The Labute approximate surface area is 170 Å². The van der Waals surface area contributed by atoms with E-state index in [9.17, 15) is 29.3 Å². The second-order valence-corrected chi connectivity index (χ2v) is 8.12. The SMILES string of the molecule is O=C(CCN1C(=O)c2cccc([N+](=O)[O-])c2C1=O)OCC(=O)c1ccc(Br)s1. The Kier molecular flexibility index (Phi) is 5.66. The molecule has 28 heavy (non-hydrogen) atoms. The van der Waals surface area contributed by atoms with Crippen molar-refractivity contribution in [3.8, 4) is 0 Å². The minimum absolute atomic E-state index is 0.0778. The highest BCUT2D eigenvalue weighted by atomic mass is 79.9. The van der Waals surface area contributed by atoms with Crippen LogP contribution in [0, 0.1) is 10.1 Å². The smallest absolute Gasteiger partial charge is 0.308 e. The summed E-state index contributed by atoms with van der Waals surface area (Å²) in [5.74, 6) is -2.69. The first-order valence-electron chi connectivity index (χ1n) is 7.87. The molecule has 0 spiro atoms. The van der Waals surface area contributed by atoms with E-state index < -0.39 is 35.0 Å². The summed E-state index contributed by atoms with van der Waals surface area (Å²) in [6, 6.07) is 7.06. The zero-order valence-electron chi connectivity index (χ0n) is 14.0. The quantitative estimate of drug-likeness (QED) is 0.202. The number of benzene rings is 1. The maximum atomic E-state index is 12.4. The van der Waals surface area contributed by atoms with Crippen molar-refractivity contribution in [3.63, 3.8) is 0 Å². The fraction of sp³-hybridized carbons (Fsp3) is 0.176. The Hall–Kier alpha value is -2.92. The van der Waals surface area contributed by atoms with Crippen molar-refractivity contribution in [2.75, 3.05) is 13.2 Å². The molecular formula is C17H11BrN2O7S. The Morgan fingerprint density at radius 2 is 1.93 bits per heavy atom. The van der Waals surface area contributed by atoms with Crippen LogP contribution >= 0.6 is 27.3 Å². The number of Topliss-reactive ketones (excluding diaryl/α,β-unsaturated/α-hetero) is 1. The highest BCUT2D eigenvalue weighted by Crippen LogP contribution is 2.30. The van der Waals surface area contributed by atoms with Crippen LogP contribution in [0.25, 0.3) is 0 Å². The fourth-order valence-corrected chi connectivity index (χ4v) is 3.94. The highest BCUT2D eigenvalue weighted by molar-refractivity contribution is 9.11. The first kappa shape index (κ1) is 19.8. The molecule has 0 N–H and O–H groups in total. The normalized spacial score (nSPS) is 12.8. The van der Waals surface area contributed by atoms with Gasteiger partial charge in [-0.05, 0) is 34.1 Å². The van der Waals surface area contributed by atoms with Crippen molar-refractivity contribution < 1.29 is 28.8 Å². The second kappa shape index (κ2) is 7.98. The van der Waals surface area contributed by atoms with Crippen LogP contribution in [0.15, 0.2) is 34.1 Å². The van der Waals surface area contributed by atoms with Gasteiger partial charge in [0.15, 0.2) is 6.61 Å². The van der Waals surface area contributed by atoms with E-state index in [2.05, 4.69) is 15.9 Å². The molecule has 11 heteroatoms. The number of hydrogen-bond acceptors (Lipinski definition) is 8. The molecule has 2 aromatic rings. The van der Waals surface area contributed by atoms with Crippen molar-refractivity contribution >= 4 is 56.5 Å². The number of nitro groups is 1. The summed E-state index contributed by atoms with van der Waals surface area (Å²) in [6.07, 6.45) is -0.333. The molecule has 0 saturated carbocycles. The summed E-state index contributed by atoms with van der Waals surface area (Å²) >= 11 is 4.43. The van der Waals surface area contributed by atoms with Gasteiger partial charge in [-0.25, -0.2) is 0 Å². The molecular weight excluding hydrogens is 456 g/mol. The topological polar surface area (TPSA) is 124 Å². The number of rotatable bonds is 7. The van der Waals surface area contributed by atoms with Crippen LogP contribution in [-0.2, 0) is 9.53 Å². The van der Waals surface area contributed by atoms with Crippen LogP contribution in [0.2, 0.25) is 0 Å². The highest BCUT2D eigenvalue weighted by Gasteiger charge is 2.40. The van der Waals surface area contributed by atoms with E-state index >= 15 is 0 Å². The van der Waals surface area contributed by atoms with Gasteiger partial charge >= 0.3 is 5.97 Å². The van der Waals surface area contributed by atoms with Gasteiger partial charge in [0.2, 0.25) is 5.78 Å². The molecule has 0 atom stereocenters. The maximum absolute atomic E-state index is 12.4. The molecule has 1 aromatic carbocycles. The van der Waals surface area contributed by atoms with Crippen LogP contribution in [0.5, 0.6) is 0 Å². The first-order chi connectivity index (χ1) is 13.3. The lowest BCUT2D eigenvalue weighted by Gasteiger charge is -2.12. The zero-order chi connectivity index (χ0) is 20.4. The molecule has 0 saturated heterocycles. The van der Waals surface area contributed by atoms with Crippen molar-refractivity contribution in [1.29, 1.82) is 0 Å². The lowest BCUT2D eigenvalue weighted by atomic mass is 10.1. The van der Waals surface area contributed by atoms with E-state index in [1.54, 1.807) is 12.1 Å². The van der Waals surface area contributed by atoms with Gasteiger partial charge in [0.05, 0.1) is 25.6 Å². The van der Waals surface area contributed by atoms with Crippen molar-refractivity contribution in [2.24, 2.45) is 0 Å². The lowest BCUT2D eigenvalue weighted by molar-refractivity contribution is -0.385. The van der Waals surface area contributed by atoms with Gasteiger partial charge < -0.3 is 4.74 Å². The fourth-order valence-electron chi connectivity index (χ4n) is 2.63. The van der Waals surface area contributed by atoms with Crippen LogP contribution in [0.4, 0.5) is 5.69 Å². The predicted octanol–water partition coefficient (Wildman–Crippen LogP) is 2.83. The zero-order valence-corrected chi connectivity index (χ0v) is 16.4. The molecule has 144 valence electrons. The number of ether oxygens (including phenoxy) is 1. The molecule has 0 unspecified atom stereocenters. The summed E-state index contributed by atoms with van der Waals surface area (Å²) in [6.45, 7) is -0.763. The van der Waals surface area contributed by atoms with Gasteiger partial charge in [-0.3, -0.25) is 34.2 Å². The number of carbonyl (C=O) groups is 4. The Morgan fingerprint density at radius 1 is 1.18 bits per heavy atom. The monoisotopic (exact) mass is 466 g/mol. The molecule has 9 nitrogen and oxygen atoms in total. The average Bonchev–Trinajstić information content (AvgIpc) is 3.20. The standard InChI is InChI=1S/C17H11BrN2O7S/c18-13-5-4-12(28-13)11(21)8-27-14(22)6-7-19-16(23)9-2-1-3-10(20(25)26)15(9)17(19)24/h1-5H,6-8H2. The Bertz CT molecular complexity index is 1020. The third-order valence-electron chi connectivity index (χ3n) is 3.93. The number of amides is 2. The molecule has 0 aliphatic carbocycles. The minimum atomic E-state index is -0.834. The van der Waals surface area contributed by atoms with Gasteiger partial charge in [0.25, 0.3) is 17.5 Å². The number of nitro benzene ring substituents is 1. The van der Waals surface area contributed by atoms with E-state index in [1.165, 1.54) is 23.5 Å². The summed E-state index contributed by atoms with van der Waals surface area (Å²) in [5.41, 5.74) is -0.830. The summed E-state index contributed by atoms with van der Waals surface area (Å²) < 4.78 is 5.65. The third-order valence-corrected chi connectivity index (χ3v) is 5.59. The minimum Gasteiger partial charge on any atom is -0.457 e. The largest absolute Gasteiger partial charge is 0.457 e. The number of esters is 1. The van der Waals surface area contributed by atoms with Crippen molar-refractivity contribution in [3.05, 3.63) is 60.2 Å². The van der Waals surface area contributed by atoms with Crippen molar-refractivity contribution in [1.82, 2.24) is 4.90 Å². The summed E-state index contributed by atoms with van der Waals surface area (Å²) in [4.78, 5) is 60.0. The van der Waals surface area contributed by atoms with E-state index in [4.69, 9.17) is 4.74 Å². The van der Waals surface area contributed by atoms with Gasteiger partial charge in [0.1, 0.15) is 5.56 Å². The van der Waals surface area contributed by atoms with Gasteiger partial charge in [-0.2, -0.15) is 0 Å². The predicted molar refractivity (Wildman–Crippen MR) is 100 cm³/mol. The van der Waals surface area contributed by atoms with Crippen LogP contribution in [0.1, 0.15) is 36.8 Å². The number of hydrogen-bond donors (Lipinski definition) is 0. The number of nitrogens with zero attached hydrogens (tertiary/aromatic N) is 2. The first-order valence-corrected chi connectivity index (χ1v) is 9.48. The third kappa shape index (κ3) is 3.85. The van der Waals surface area contributed by atoms with Gasteiger partial charge in [0, 0.05) is 12.6 Å². The summed E-state index contributed by atoms with van der Waals surface area (Å²) in [7, 11) is 0. The number of thiophene rings is 1. The second-order valence-electron chi connectivity index (χ2n) is 5.66. The number of imide groups is 1. The molecule has 2 heterocycles. The van der Waals surface area contributed by atoms with E-state index in [0.717, 1.165) is 14.8 Å². The van der Waals surface area contributed by atoms with Gasteiger partial charge in [-0.15, -0.1) is 11.3 Å². The molecule has 0 fully saturated rings. The Morgan fingerprint density at radius 3 is 2.57 bits per heavy atom. The number of ketones is 1. The molecule has 1 aliphatic heterocycles. The summed E-state index contributed by atoms with van der Waals surface area (Å²) in [5, 5.41) is 11.1. The molecule has 1 aliphatic rings. The van der Waals surface area contributed by atoms with E-state index in [0.29, 0.717) is 4.88 Å². The number of fused-ring (bicyclic) bond motifs is 1. The van der Waals surface area contributed by atoms with E-state index in [-0.39, 0.29) is 29.9 Å². The van der Waals surface area contributed by atoms with Gasteiger partial charge in [-0.1, -0.05) is 6.07 Å². The van der Waals surface area contributed by atoms with Crippen LogP contribution in [-0.4, -0.2) is 46.5 Å². The molecule has 2 amide bonds. The maximum Gasteiger partial charge on any atom is 0.308 e. The molecule has 0 bridgehead atoms. The molecule has 1 aromatic heterocycles.